The molecular formula is C12H21. The standard InChI is InChI=1S/C12H21/c1-4-7-8-9-11-12(6-3)10-5-2/h5,7,9-12H,4,6,8H2,1-3H3. The van der Waals surface area contributed by atoms with Gasteiger partial charge in [-0.2, -0.15) is 0 Å². The zero-order valence-corrected chi connectivity index (χ0v) is 8.59. The summed E-state index contributed by atoms with van der Waals surface area (Å²) >= 11 is 0. The second kappa shape index (κ2) is 8.58. The molecule has 1 radical (unpaired) electrons. The molecule has 69 valence electrons. The topological polar surface area (TPSA) is 0 Å². The number of hydrogen-bond donors (Lipinski definition) is 0. The minimum Gasteiger partial charge on any atom is -0.0911 e. The monoisotopic (exact) mass is 165 g/mol. The van der Waals surface area contributed by atoms with Crippen LogP contribution in [0.3, 0.4) is 0 Å². The van der Waals surface area contributed by atoms with Crippen LogP contribution in [0.4, 0.5) is 0 Å². The van der Waals surface area contributed by atoms with Crippen LogP contribution in [0.15, 0.2) is 24.3 Å². The highest BCUT2D eigenvalue weighted by Gasteiger charge is 1.92. The number of hydrogen-bond acceptors (Lipinski definition) is 0. The second-order valence-electron chi connectivity index (χ2n) is 2.96. The maximum absolute atomic E-state index is 2.30. The van der Waals surface area contributed by atoms with E-state index in [-0.39, 0.29) is 0 Å². The summed E-state index contributed by atoms with van der Waals surface area (Å²) in [4.78, 5) is 0. The molecule has 0 amide bonds. The van der Waals surface area contributed by atoms with Crippen molar-refractivity contribution >= 4 is 0 Å². The van der Waals surface area contributed by atoms with Gasteiger partial charge in [-0.25, -0.2) is 0 Å². The van der Waals surface area contributed by atoms with E-state index in [1.54, 1.807) is 0 Å². The summed E-state index contributed by atoms with van der Waals surface area (Å²) in [6.07, 6.45) is 14.7. The molecule has 0 fully saturated rings. The first-order valence-corrected chi connectivity index (χ1v) is 4.96. The Morgan fingerprint density at radius 3 is 2.42 bits per heavy atom. The van der Waals surface area contributed by atoms with Crippen molar-refractivity contribution in [3.05, 3.63) is 30.7 Å². The Labute approximate surface area is 77.4 Å². The molecule has 0 spiro atoms. The molecule has 0 aromatic rings. The minimum atomic E-state index is 0.639. The first-order valence-electron chi connectivity index (χ1n) is 4.96. The first-order chi connectivity index (χ1) is 5.85. The van der Waals surface area contributed by atoms with Crippen molar-refractivity contribution in [1.29, 1.82) is 0 Å². The van der Waals surface area contributed by atoms with E-state index in [4.69, 9.17) is 0 Å². The summed E-state index contributed by atoms with van der Waals surface area (Å²) < 4.78 is 0. The van der Waals surface area contributed by atoms with Crippen LogP contribution in [0.5, 0.6) is 0 Å². The van der Waals surface area contributed by atoms with E-state index in [1.165, 1.54) is 12.8 Å². The third kappa shape index (κ3) is 6.21. The predicted molar refractivity (Wildman–Crippen MR) is 56.9 cm³/mol. The Morgan fingerprint density at radius 2 is 1.92 bits per heavy atom. The van der Waals surface area contributed by atoms with E-state index in [9.17, 15) is 0 Å². The fraction of sp³-hybridized carbons (Fsp3) is 0.583. The molecule has 0 aromatic carbocycles. The van der Waals surface area contributed by atoms with Gasteiger partial charge in [0, 0.05) is 0 Å². The molecule has 0 aliphatic carbocycles. The van der Waals surface area contributed by atoms with Crippen LogP contribution in [0.1, 0.15) is 40.0 Å². The average Bonchev–Trinajstić information content (AvgIpc) is 2.10. The molecule has 1 unspecified atom stereocenters. The van der Waals surface area contributed by atoms with Crippen LogP contribution in [-0.2, 0) is 0 Å². The van der Waals surface area contributed by atoms with Gasteiger partial charge in [-0.05, 0) is 32.1 Å². The summed E-state index contributed by atoms with van der Waals surface area (Å²) in [7, 11) is 0. The maximum atomic E-state index is 2.30. The molecule has 0 N–H and O–H groups in total. The lowest BCUT2D eigenvalue weighted by Crippen LogP contribution is -1.87. The van der Waals surface area contributed by atoms with Crippen molar-refractivity contribution in [1.82, 2.24) is 0 Å². The van der Waals surface area contributed by atoms with Gasteiger partial charge in [0.2, 0.25) is 0 Å². The Bertz CT molecular complexity index is 131. The van der Waals surface area contributed by atoms with Crippen LogP contribution in [0.2, 0.25) is 0 Å². The van der Waals surface area contributed by atoms with Gasteiger partial charge < -0.3 is 0 Å². The number of allylic oxidation sites excluding steroid dienone is 4. The van der Waals surface area contributed by atoms with Crippen molar-refractivity contribution in [2.24, 2.45) is 5.92 Å². The van der Waals surface area contributed by atoms with Crippen molar-refractivity contribution in [3.63, 3.8) is 0 Å². The highest BCUT2D eigenvalue weighted by atomic mass is 14.0. The Kier molecular flexibility index (Phi) is 8.20. The smallest absolute Gasteiger partial charge is 0.00562 e. The molecule has 12 heavy (non-hydrogen) atoms. The van der Waals surface area contributed by atoms with Gasteiger partial charge in [0.25, 0.3) is 0 Å². The van der Waals surface area contributed by atoms with E-state index >= 15 is 0 Å². The van der Waals surface area contributed by atoms with Crippen LogP contribution in [0, 0.1) is 12.3 Å². The van der Waals surface area contributed by atoms with Gasteiger partial charge >= 0.3 is 0 Å². The lowest BCUT2D eigenvalue weighted by Gasteiger charge is -2.01. The van der Waals surface area contributed by atoms with Crippen LogP contribution in [0.25, 0.3) is 0 Å². The normalized spacial score (nSPS) is 14.6. The van der Waals surface area contributed by atoms with Crippen LogP contribution < -0.4 is 0 Å². The van der Waals surface area contributed by atoms with Crippen LogP contribution >= 0.6 is 0 Å². The zero-order chi connectivity index (χ0) is 9.23. The predicted octanol–water partition coefficient (Wildman–Crippen LogP) is 4.15. The summed E-state index contributed by atoms with van der Waals surface area (Å²) in [5, 5.41) is 0. The van der Waals surface area contributed by atoms with E-state index in [2.05, 4.69) is 51.5 Å². The third-order valence-electron chi connectivity index (χ3n) is 1.89. The van der Waals surface area contributed by atoms with E-state index in [0.29, 0.717) is 5.92 Å². The van der Waals surface area contributed by atoms with E-state index < -0.39 is 0 Å². The summed E-state index contributed by atoms with van der Waals surface area (Å²) in [6, 6.07) is 0. The fourth-order valence-electron chi connectivity index (χ4n) is 1.10. The Hall–Kier alpha value is -0.520. The van der Waals surface area contributed by atoms with Gasteiger partial charge in [-0.1, -0.05) is 44.6 Å². The first kappa shape index (κ1) is 11.5. The number of rotatable bonds is 6. The van der Waals surface area contributed by atoms with Crippen molar-refractivity contribution in [3.8, 4) is 0 Å². The largest absolute Gasteiger partial charge is 0.0911 e. The van der Waals surface area contributed by atoms with Gasteiger partial charge in [0.15, 0.2) is 0 Å². The molecule has 0 heteroatoms. The van der Waals surface area contributed by atoms with E-state index in [0.717, 1.165) is 6.42 Å². The molecule has 0 bridgehead atoms. The lowest BCUT2D eigenvalue weighted by atomic mass is 10.0. The number of unbranched alkanes of at least 4 members (excludes halogenated alkanes) is 2. The molecule has 0 rings (SSSR count). The summed E-state index contributed by atoms with van der Waals surface area (Å²) in [6.45, 7) is 6.48. The molecule has 0 aliphatic rings. The Morgan fingerprint density at radius 1 is 1.17 bits per heavy atom. The van der Waals surface area contributed by atoms with Crippen molar-refractivity contribution in [2.45, 2.75) is 40.0 Å². The minimum absolute atomic E-state index is 0.639. The maximum Gasteiger partial charge on any atom is -0.00562 e. The second-order valence-corrected chi connectivity index (χ2v) is 2.96. The average molecular weight is 165 g/mol. The molecular weight excluding hydrogens is 144 g/mol. The Balaban J connectivity index is 3.61. The molecule has 0 saturated carbocycles. The van der Waals surface area contributed by atoms with Crippen LogP contribution in [-0.4, -0.2) is 0 Å². The molecule has 0 aliphatic heterocycles. The zero-order valence-electron chi connectivity index (χ0n) is 8.59. The van der Waals surface area contributed by atoms with Gasteiger partial charge in [-0.15, -0.1) is 0 Å². The fourth-order valence-corrected chi connectivity index (χ4v) is 1.10. The van der Waals surface area contributed by atoms with Gasteiger partial charge in [-0.3, -0.25) is 0 Å². The summed E-state index contributed by atoms with van der Waals surface area (Å²) in [5.41, 5.74) is 0. The quantitative estimate of drug-likeness (QED) is 0.409. The summed E-state index contributed by atoms with van der Waals surface area (Å²) in [5.74, 6) is 0.639. The van der Waals surface area contributed by atoms with Crippen molar-refractivity contribution < 1.29 is 0 Å². The van der Waals surface area contributed by atoms with Crippen molar-refractivity contribution in [2.75, 3.05) is 0 Å². The van der Waals surface area contributed by atoms with E-state index in [1.807, 2.05) is 0 Å². The highest BCUT2D eigenvalue weighted by Crippen LogP contribution is 2.07. The lowest BCUT2D eigenvalue weighted by molar-refractivity contribution is 0.769. The van der Waals surface area contributed by atoms with Gasteiger partial charge in [0.05, 0.1) is 0 Å². The molecule has 0 aromatic heterocycles. The molecule has 0 nitrogen and oxygen atoms in total. The SMILES string of the molecule is CC=CC(C=CC[CH]CC)CC. The highest BCUT2D eigenvalue weighted by molar-refractivity contribution is 5.00. The third-order valence-corrected chi connectivity index (χ3v) is 1.89. The molecule has 0 heterocycles. The molecule has 1 atom stereocenters. The van der Waals surface area contributed by atoms with Gasteiger partial charge in [0.1, 0.15) is 0 Å². The molecule has 0 saturated heterocycles.